The molecule has 98 valence electrons. The van der Waals surface area contributed by atoms with Gasteiger partial charge in [0.05, 0.1) is 18.8 Å². The Morgan fingerprint density at radius 2 is 2.11 bits per heavy atom. The molecule has 1 N–H and O–H groups in total. The Balaban J connectivity index is 2.01. The summed E-state index contributed by atoms with van der Waals surface area (Å²) in [4.78, 5) is 0. The average Bonchev–Trinajstić information content (AvgIpc) is 2.39. The lowest BCUT2D eigenvalue weighted by molar-refractivity contribution is -0.210. The summed E-state index contributed by atoms with van der Waals surface area (Å²) >= 11 is 0. The Bertz CT molecular complexity index is 448. The van der Waals surface area contributed by atoms with Crippen molar-refractivity contribution >= 4 is 0 Å². The molecule has 0 aromatic heterocycles. The topological polar surface area (TPSA) is 30.5 Å². The van der Waals surface area contributed by atoms with Crippen LogP contribution in [-0.2, 0) is 21.7 Å². The second-order valence-electron chi connectivity index (χ2n) is 5.65. The van der Waals surface area contributed by atoms with E-state index in [1.54, 1.807) is 0 Å². The summed E-state index contributed by atoms with van der Waals surface area (Å²) in [5.41, 5.74) is 2.14. The van der Waals surface area contributed by atoms with Gasteiger partial charge in [0.25, 0.3) is 0 Å². The summed E-state index contributed by atoms with van der Waals surface area (Å²) in [5, 5.41) is 3.52. The highest BCUT2D eigenvalue weighted by molar-refractivity contribution is 5.35. The van der Waals surface area contributed by atoms with Gasteiger partial charge < -0.3 is 14.8 Å². The highest BCUT2D eigenvalue weighted by atomic mass is 16.6. The third-order valence-corrected chi connectivity index (χ3v) is 4.20. The maximum atomic E-state index is 6.49. The van der Waals surface area contributed by atoms with Gasteiger partial charge in [0.1, 0.15) is 5.60 Å². The molecule has 3 nitrogen and oxygen atoms in total. The number of ether oxygens (including phenoxy) is 2. The largest absolute Gasteiger partial charge is 0.373 e. The Morgan fingerprint density at radius 3 is 2.94 bits per heavy atom. The fourth-order valence-electron chi connectivity index (χ4n) is 2.99. The van der Waals surface area contributed by atoms with E-state index < -0.39 is 0 Å². The van der Waals surface area contributed by atoms with Crippen LogP contribution in [0.4, 0.5) is 0 Å². The maximum Gasteiger partial charge on any atom is 0.130 e. The second kappa shape index (κ2) is 4.34. The van der Waals surface area contributed by atoms with E-state index in [0.717, 1.165) is 19.5 Å². The molecule has 0 aliphatic carbocycles. The molecular weight excluding hydrogens is 226 g/mol. The molecular formula is C15H21NO2. The zero-order valence-corrected chi connectivity index (χ0v) is 11.2. The number of hydrogen-bond donors (Lipinski definition) is 1. The Morgan fingerprint density at radius 1 is 1.28 bits per heavy atom. The molecule has 3 rings (SSSR count). The quantitative estimate of drug-likeness (QED) is 0.825. The van der Waals surface area contributed by atoms with Gasteiger partial charge in [0, 0.05) is 13.1 Å². The fourth-order valence-corrected chi connectivity index (χ4v) is 2.99. The van der Waals surface area contributed by atoms with Gasteiger partial charge in [0.15, 0.2) is 0 Å². The van der Waals surface area contributed by atoms with Gasteiger partial charge in [-0.3, -0.25) is 0 Å². The van der Waals surface area contributed by atoms with Crippen LogP contribution in [0.2, 0.25) is 0 Å². The summed E-state index contributed by atoms with van der Waals surface area (Å²) in [5.74, 6) is 0. The number of fused-ring (bicyclic) bond motifs is 2. The van der Waals surface area contributed by atoms with Gasteiger partial charge in [0.2, 0.25) is 0 Å². The van der Waals surface area contributed by atoms with Gasteiger partial charge in [-0.1, -0.05) is 31.2 Å². The van der Waals surface area contributed by atoms with Crippen LogP contribution in [0.25, 0.3) is 0 Å². The zero-order valence-electron chi connectivity index (χ0n) is 11.2. The summed E-state index contributed by atoms with van der Waals surface area (Å²) < 4.78 is 12.3. The van der Waals surface area contributed by atoms with E-state index in [4.69, 9.17) is 9.47 Å². The molecule has 1 fully saturated rings. The molecule has 1 aromatic rings. The van der Waals surface area contributed by atoms with Crippen molar-refractivity contribution in [2.45, 2.75) is 38.1 Å². The van der Waals surface area contributed by atoms with Crippen LogP contribution < -0.4 is 5.32 Å². The predicted octanol–water partition coefficient (Wildman–Crippen LogP) is 2.20. The fraction of sp³-hybridized carbons (Fsp3) is 0.600. The van der Waals surface area contributed by atoms with Crippen LogP contribution in [-0.4, -0.2) is 25.3 Å². The lowest BCUT2D eigenvalue weighted by Crippen LogP contribution is -2.60. The summed E-state index contributed by atoms with van der Waals surface area (Å²) in [6.45, 7) is 7.44. The van der Waals surface area contributed by atoms with E-state index in [9.17, 15) is 0 Å². The van der Waals surface area contributed by atoms with Crippen LogP contribution in [0.1, 0.15) is 31.4 Å². The van der Waals surface area contributed by atoms with Crippen molar-refractivity contribution in [3.63, 3.8) is 0 Å². The predicted molar refractivity (Wildman–Crippen MR) is 70.4 cm³/mol. The Labute approximate surface area is 108 Å². The normalized spacial score (nSPS) is 35.4. The highest BCUT2D eigenvalue weighted by Crippen LogP contribution is 2.39. The molecule has 3 heteroatoms. The van der Waals surface area contributed by atoms with Crippen LogP contribution >= 0.6 is 0 Å². The van der Waals surface area contributed by atoms with E-state index in [0.29, 0.717) is 13.2 Å². The van der Waals surface area contributed by atoms with Gasteiger partial charge in [-0.2, -0.15) is 0 Å². The van der Waals surface area contributed by atoms with E-state index >= 15 is 0 Å². The van der Waals surface area contributed by atoms with Gasteiger partial charge >= 0.3 is 0 Å². The first-order valence-electron chi connectivity index (χ1n) is 6.74. The van der Waals surface area contributed by atoms with Crippen molar-refractivity contribution < 1.29 is 9.47 Å². The molecule has 2 aliphatic heterocycles. The molecule has 2 aliphatic rings. The van der Waals surface area contributed by atoms with Crippen molar-refractivity contribution in [2.24, 2.45) is 0 Å². The first-order valence-corrected chi connectivity index (χ1v) is 6.74. The minimum Gasteiger partial charge on any atom is -0.373 e. The zero-order chi connectivity index (χ0) is 12.6. The van der Waals surface area contributed by atoms with Crippen molar-refractivity contribution in [1.29, 1.82) is 0 Å². The van der Waals surface area contributed by atoms with Crippen molar-refractivity contribution in [3.8, 4) is 0 Å². The second-order valence-corrected chi connectivity index (χ2v) is 5.65. The van der Waals surface area contributed by atoms with E-state index in [2.05, 4.69) is 43.4 Å². The Hall–Kier alpha value is -0.900. The first kappa shape index (κ1) is 12.2. The molecule has 0 bridgehead atoms. The van der Waals surface area contributed by atoms with Gasteiger partial charge in [-0.25, -0.2) is 0 Å². The molecule has 0 radical (unpaired) electrons. The van der Waals surface area contributed by atoms with Crippen molar-refractivity contribution in [1.82, 2.24) is 5.32 Å². The summed E-state index contributed by atoms with van der Waals surface area (Å²) in [6, 6.07) is 8.47. The van der Waals surface area contributed by atoms with Crippen LogP contribution in [0, 0.1) is 0 Å². The number of nitrogens with one attached hydrogen (secondary N) is 1. The number of benzene rings is 1. The third kappa shape index (κ3) is 1.87. The first-order chi connectivity index (χ1) is 8.68. The molecule has 0 saturated carbocycles. The lowest BCUT2D eigenvalue weighted by Gasteiger charge is -2.49. The van der Waals surface area contributed by atoms with Crippen molar-refractivity contribution in [2.75, 3.05) is 19.7 Å². The number of morpholine rings is 1. The SMILES string of the molecule is CCC1(C)CNCC2(COCc3ccccc32)O1. The number of hydrogen-bond acceptors (Lipinski definition) is 3. The summed E-state index contributed by atoms with van der Waals surface area (Å²) in [7, 11) is 0. The average molecular weight is 247 g/mol. The minimum atomic E-state index is -0.308. The van der Waals surface area contributed by atoms with E-state index in [1.165, 1.54) is 11.1 Å². The molecule has 1 spiro atoms. The molecule has 2 heterocycles. The standard InChI is InChI=1S/C15H21NO2/c1-3-14(2)9-16-10-15(18-14)11-17-8-12-6-4-5-7-13(12)15/h4-7,16H,3,8-11H2,1-2H3. The lowest BCUT2D eigenvalue weighted by atomic mass is 9.85. The van der Waals surface area contributed by atoms with Gasteiger partial charge in [-0.05, 0) is 24.5 Å². The number of rotatable bonds is 1. The molecule has 0 amide bonds. The van der Waals surface area contributed by atoms with Crippen molar-refractivity contribution in [3.05, 3.63) is 35.4 Å². The molecule has 2 atom stereocenters. The van der Waals surface area contributed by atoms with Crippen LogP contribution in [0.5, 0.6) is 0 Å². The van der Waals surface area contributed by atoms with E-state index in [-0.39, 0.29) is 11.2 Å². The third-order valence-electron chi connectivity index (χ3n) is 4.20. The maximum absolute atomic E-state index is 6.49. The van der Waals surface area contributed by atoms with E-state index in [1.807, 2.05) is 0 Å². The highest BCUT2D eigenvalue weighted by Gasteiger charge is 2.46. The Kier molecular flexibility index (Phi) is 2.93. The molecule has 1 saturated heterocycles. The van der Waals surface area contributed by atoms with Crippen LogP contribution in [0.15, 0.2) is 24.3 Å². The van der Waals surface area contributed by atoms with Gasteiger partial charge in [-0.15, -0.1) is 0 Å². The molecule has 1 aromatic carbocycles. The molecule has 18 heavy (non-hydrogen) atoms. The minimum absolute atomic E-state index is 0.105. The summed E-state index contributed by atoms with van der Waals surface area (Å²) in [6.07, 6.45) is 1.00. The molecule has 2 unspecified atom stereocenters. The monoisotopic (exact) mass is 247 g/mol. The smallest absolute Gasteiger partial charge is 0.130 e. The van der Waals surface area contributed by atoms with Crippen LogP contribution in [0.3, 0.4) is 0 Å².